The van der Waals surface area contributed by atoms with E-state index in [-0.39, 0.29) is 6.04 Å². The first kappa shape index (κ1) is 9.05. The highest BCUT2D eigenvalue weighted by molar-refractivity contribution is 7.98. The van der Waals surface area contributed by atoms with E-state index in [2.05, 4.69) is 12.8 Å². The van der Waals surface area contributed by atoms with Crippen molar-refractivity contribution >= 4 is 11.8 Å². The summed E-state index contributed by atoms with van der Waals surface area (Å²) < 4.78 is 0. The molecule has 0 aliphatic heterocycles. The Labute approximate surface area is 61.7 Å². The molecule has 0 saturated heterocycles. The van der Waals surface area contributed by atoms with Crippen LogP contribution in [0.15, 0.2) is 12.2 Å². The number of hydrogen-bond acceptors (Lipinski definition) is 2. The summed E-state index contributed by atoms with van der Waals surface area (Å²) in [4.78, 5) is 0. The van der Waals surface area contributed by atoms with Gasteiger partial charge >= 0.3 is 0 Å². The lowest BCUT2D eigenvalue weighted by Crippen LogP contribution is -2.21. The summed E-state index contributed by atoms with van der Waals surface area (Å²) in [5, 5.41) is 0. The van der Waals surface area contributed by atoms with Crippen molar-refractivity contribution in [2.24, 2.45) is 5.73 Å². The van der Waals surface area contributed by atoms with Crippen LogP contribution >= 0.6 is 11.8 Å². The van der Waals surface area contributed by atoms with E-state index in [9.17, 15) is 0 Å². The Kier molecular flexibility index (Phi) is 4.91. The van der Waals surface area contributed by atoms with E-state index >= 15 is 0 Å². The Morgan fingerprint density at radius 2 is 2.33 bits per heavy atom. The van der Waals surface area contributed by atoms with Gasteiger partial charge in [-0.3, -0.25) is 0 Å². The predicted octanol–water partition coefficient (Wildman–Crippen LogP) is 1.64. The van der Waals surface area contributed by atoms with Crippen LogP contribution < -0.4 is 5.73 Å². The molecule has 54 valence electrons. The van der Waals surface area contributed by atoms with E-state index in [4.69, 9.17) is 5.73 Å². The Morgan fingerprint density at radius 1 is 1.78 bits per heavy atom. The molecule has 0 radical (unpaired) electrons. The van der Waals surface area contributed by atoms with Crippen LogP contribution in [0.5, 0.6) is 0 Å². The van der Waals surface area contributed by atoms with Crippen LogP contribution in [-0.2, 0) is 0 Å². The molecular weight excluding hydrogens is 130 g/mol. The van der Waals surface area contributed by atoms with Crippen LogP contribution in [0.4, 0.5) is 0 Å². The van der Waals surface area contributed by atoms with Crippen LogP contribution in [0.1, 0.15) is 13.3 Å². The lowest BCUT2D eigenvalue weighted by Gasteiger charge is -2.08. The monoisotopic (exact) mass is 145 g/mol. The minimum Gasteiger partial charge on any atom is -0.324 e. The molecule has 0 spiro atoms. The van der Waals surface area contributed by atoms with E-state index in [1.54, 1.807) is 0 Å². The Hall–Kier alpha value is 0.0500. The van der Waals surface area contributed by atoms with Crippen LogP contribution in [0.25, 0.3) is 0 Å². The molecule has 0 aromatic rings. The van der Waals surface area contributed by atoms with Gasteiger partial charge in [-0.25, -0.2) is 0 Å². The second kappa shape index (κ2) is 4.89. The molecule has 1 unspecified atom stereocenters. The van der Waals surface area contributed by atoms with Crippen molar-refractivity contribution in [2.45, 2.75) is 19.4 Å². The highest BCUT2D eigenvalue weighted by Crippen LogP contribution is 2.03. The standard InChI is InChI=1S/C7H15NS/c1-6(2)7(8)4-5-9-3/h7H,1,4-5,8H2,2-3H3. The quantitative estimate of drug-likeness (QED) is 0.609. The molecular formula is C7H15NS. The molecule has 0 saturated carbocycles. The molecule has 1 nitrogen and oxygen atoms in total. The van der Waals surface area contributed by atoms with Gasteiger partial charge in [0.25, 0.3) is 0 Å². The van der Waals surface area contributed by atoms with E-state index in [1.807, 2.05) is 18.7 Å². The molecule has 0 fully saturated rings. The highest BCUT2D eigenvalue weighted by Gasteiger charge is 1.99. The summed E-state index contributed by atoms with van der Waals surface area (Å²) in [5.74, 6) is 1.13. The van der Waals surface area contributed by atoms with Crippen molar-refractivity contribution in [3.8, 4) is 0 Å². The molecule has 0 amide bonds. The van der Waals surface area contributed by atoms with Gasteiger partial charge in [0.2, 0.25) is 0 Å². The van der Waals surface area contributed by atoms with Gasteiger partial charge in [-0.2, -0.15) is 11.8 Å². The summed E-state index contributed by atoms with van der Waals surface area (Å²) in [5.41, 5.74) is 6.78. The second-order valence-corrected chi connectivity index (χ2v) is 3.22. The predicted molar refractivity (Wildman–Crippen MR) is 45.8 cm³/mol. The first-order valence-electron chi connectivity index (χ1n) is 3.08. The SMILES string of the molecule is C=C(C)C(N)CCSC. The molecule has 2 heteroatoms. The highest BCUT2D eigenvalue weighted by atomic mass is 32.2. The summed E-state index contributed by atoms with van der Waals surface area (Å²) in [6.07, 6.45) is 3.14. The smallest absolute Gasteiger partial charge is 0.0256 e. The zero-order valence-corrected chi connectivity index (χ0v) is 7.00. The molecule has 0 heterocycles. The summed E-state index contributed by atoms with van der Waals surface area (Å²) in [6, 6.07) is 0.206. The van der Waals surface area contributed by atoms with E-state index in [1.165, 1.54) is 0 Å². The van der Waals surface area contributed by atoms with Crippen molar-refractivity contribution in [3.05, 3.63) is 12.2 Å². The van der Waals surface area contributed by atoms with Crippen molar-refractivity contribution in [1.82, 2.24) is 0 Å². The molecule has 0 bridgehead atoms. The molecule has 0 aromatic heterocycles. The number of thioether (sulfide) groups is 1. The number of nitrogens with two attached hydrogens (primary N) is 1. The zero-order chi connectivity index (χ0) is 7.28. The van der Waals surface area contributed by atoms with Crippen LogP contribution in [0, 0.1) is 0 Å². The first-order chi connectivity index (χ1) is 4.18. The van der Waals surface area contributed by atoms with E-state index in [0.29, 0.717) is 0 Å². The maximum atomic E-state index is 5.69. The fraction of sp³-hybridized carbons (Fsp3) is 0.714. The Morgan fingerprint density at radius 3 is 2.67 bits per heavy atom. The topological polar surface area (TPSA) is 26.0 Å². The van der Waals surface area contributed by atoms with Crippen molar-refractivity contribution in [3.63, 3.8) is 0 Å². The average Bonchev–Trinajstić information content (AvgIpc) is 1.82. The second-order valence-electron chi connectivity index (χ2n) is 2.23. The van der Waals surface area contributed by atoms with E-state index < -0.39 is 0 Å². The first-order valence-corrected chi connectivity index (χ1v) is 4.47. The molecule has 0 aliphatic carbocycles. The number of rotatable bonds is 4. The summed E-state index contributed by atoms with van der Waals surface area (Å²) in [6.45, 7) is 5.75. The van der Waals surface area contributed by atoms with Gasteiger partial charge in [-0.15, -0.1) is 0 Å². The lowest BCUT2D eigenvalue weighted by atomic mass is 10.1. The van der Waals surface area contributed by atoms with Crippen LogP contribution in [-0.4, -0.2) is 18.1 Å². The van der Waals surface area contributed by atoms with Crippen molar-refractivity contribution in [2.75, 3.05) is 12.0 Å². The van der Waals surface area contributed by atoms with E-state index in [0.717, 1.165) is 17.7 Å². The average molecular weight is 145 g/mol. The summed E-state index contributed by atoms with van der Waals surface area (Å²) in [7, 11) is 0. The summed E-state index contributed by atoms with van der Waals surface area (Å²) >= 11 is 1.83. The van der Waals surface area contributed by atoms with Crippen LogP contribution in [0.2, 0.25) is 0 Å². The maximum Gasteiger partial charge on any atom is 0.0256 e. The third kappa shape index (κ3) is 4.55. The Bertz CT molecular complexity index is 90.9. The molecule has 0 rings (SSSR count). The zero-order valence-electron chi connectivity index (χ0n) is 6.18. The lowest BCUT2D eigenvalue weighted by molar-refractivity contribution is 0.750. The van der Waals surface area contributed by atoms with Crippen molar-refractivity contribution in [1.29, 1.82) is 0 Å². The fourth-order valence-electron chi connectivity index (χ4n) is 0.491. The fourth-order valence-corrected chi connectivity index (χ4v) is 0.981. The Balaban J connectivity index is 3.27. The number of hydrogen-bond donors (Lipinski definition) is 1. The third-order valence-corrected chi connectivity index (χ3v) is 1.91. The minimum absolute atomic E-state index is 0.206. The molecule has 1 atom stereocenters. The van der Waals surface area contributed by atoms with Gasteiger partial charge in [0.15, 0.2) is 0 Å². The van der Waals surface area contributed by atoms with Crippen LogP contribution in [0.3, 0.4) is 0 Å². The van der Waals surface area contributed by atoms with Gasteiger partial charge in [-0.05, 0) is 25.4 Å². The maximum absolute atomic E-state index is 5.69. The van der Waals surface area contributed by atoms with Gasteiger partial charge in [-0.1, -0.05) is 12.2 Å². The molecule has 2 N–H and O–H groups in total. The van der Waals surface area contributed by atoms with Crippen molar-refractivity contribution < 1.29 is 0 Å². The molecule has 0 aromatic carbocycles. The minimum atomic E-state index is 0.206. The largest absolute Gasteiger partial charge is 0.324 e. The third-order valence-electron chi connectivity index (χ3n) is 1.27. The van der Waals surface area contributed by atoms with Gasteiger partial charge in [0.05, 0.1) is 0 Å². The molecule has 9 heavy (non-hydrogen) atoms. The normalized spacial score (nSPS) is 13.2. The van der Waals surface area contributed by atoms with Gasteiger partial charge < -0.3 is 5.73 Å². The van der Waals surface area contributed by atoms with Gasteiger partial charge in [0, 0.05) is 6.04 Å². The van der Waals surface area contributed by atoms with Gasteiger partial charge in [0.1, 0.15) is 0 Å². The molecule has 0 aliphatic rings.